The number of nitrogens with zero attached hydrogens (tertiary/aromatic N) is 6. The highest BCUT2D eigenvalue weighted by Crippen LogP contribution is 2.23. The quantitative estimate of drug-likeness (QED) is 0.712. The van der Waals surface area contributed by atoms with Gasteiger partial charge in [-0.25, -0.2) is 0 Å². The zero-order chi connectivity index (χ0) is 14.1. The van der Waals surface area contributed by atoms with Gasteiger partial charge in [0.25, 0.3) is 0 Å². The Balaban J connectivity index is 1.34. The fraction of sp³-hybridized carbons (Fsp3) is 0.286. The molecule has 1 aliphatic heterocycles. The maximum atomic E-state index is 5.72. The van der Waals surface area contributed by atoms with E-state index >= 15 is 0 Å². The van der Waals surface area contributed by atoms with Gasteiger partial charge in [-0.2, -0.15) is 4.52 Å². The van der Waals surface area contributed by atoms with Crippen LogP contribution in [-0.4, -0.2) is 44.5 Å². The average molecular weight is 282 g/mol. The van der Waals surface area contributed by atoms with Crippen molar-refractivity contribution >= 4 is 11.5 Å². The zero-order valence-corrected chi connectivity index (χ0v) is 11.3. The molecule has 0 saturated carbocycles. The molecular weight excluding hydrogens is 268 g/mol. The Kier molecular flexibility index (Phi) is 2.88. The lowest BCUT2D eigenvalue weighted by molar-refractivity contribution is 0.219. The lowest BCUT2D eigenvalue weighted by Crippen LogP contribution is -2.49. The van der Waals surface area contributed by atoms with E-state index in [2.05, 4.69) is 25.2 Å². The molecule has 0 spiro atoms. The van der Waals surface area contributed by atoms with E-state index in [9.17, 15) is 0 Å². The van der Waals surface area contributed by atoms with Crippen LogP contribution in [0.3, 0.4) is 0 Å². The van der Waals surface area contributed by atoms with Gasteiger partial charge in [0.05, 0.1) is 12.8 Å². The Hall–Kier alpha value is -2.70. The maximum Gasteiger partial charge on any atom is 0.177 e. The van der Waals surface area contributed by atoms with E-state index in [1.54, 1.807) is 23.2 Å². The summed E-state index contributed by atoms with van der Waals surface area (Å²) in [5.41, 5.74) is 0.760. The van der Waals surface area contributed by atoms with Gasteiger partial charge in [-0.05, 0) is 24.3 Å². The number of ether oxygens (including phenoxy) is 1. The van der Waals surface area contributed by atoms with Crippen molar-refractivity contribution in [2.45, 2.75) is 0 Å². The molecule has 21 heavy (non-hydrogen) atoms. The first-order valence-electron chi connectivity index (χ1n) is 6.83. The Labute approximate surface area is 121 Å². The Bertz CT molecular complexity index is 737. The Morgan fingerprint density at radius 2 is 2.19 bits per heavy atom. The van der Waals surface area contributed by atoms with Gasteiger partial charge >= 0.3 is 0 Å². The molecule has 0 aliphatic carbocycles. The Morgan fingerprint density at radius 1 is 1.24 bits per heavy atom. The van der Waals surface area contributed by atoms with Crippen LogP contribution >= 0.6 is 0 Å². The largest absolute Gasteiger partial charge is 0.492 e. The minimum Gasteiger partial charge on any atom is -0.492 e. The molecule has 3 aromatic heterocycles. The first-order chi connectivity index (χ1) is 10.4. The molecule has 0 amide bonds. The molecule has 0 bridgehead atoms. The van der Waals surface area contributed by atoms with Crippen LogP contribution < -0.4 is 9.64 Å². The van der Waals surface area contributed by atoms with E-state index < -0.39 is 0 Å². The predicted octanol–water partition coefficient (Wildman–Crippen LogP) is 1.03. The summed E-state index contributed by atoms with van der Waals surface area (Å²) in [4.78, 5) is 6.25. The highest BCUT2D eigenvalue weighted by Gasteiger charge is 2.28. The number of fused-ring (bicyclic) bond motifs is 1. The minimum absolute atomic E-state index is 0.517. The summed E-state index contributed by atoms with van der Waals surface area (Å²) in [5.74, 6) is 2.28. The maximum absolute atomic E-state index is 5.72. The monoisotopic (exact) mass is 282 g/mol. The molecule has 0 unspecified atom stereocenters. The molecular formula is C14H14N6O. The molecule has 7 nitrogen and oxygen atoms in total. The van der Waals surface area contributed by atoms with E-state index in [0.717, 1.165) is 30.3 Å². The smallest absolute Gasteiger partial charge is 0.177 e. The van der Waals surface area contributed by atoms with Crippen molar-refractivity contribution in [2.24, 2.45) is 5.92 Å². The fourth-order valence-electron chi connectivity index (χ4n) is 2.40. The summed E-state index contributed by atoms with van der Waals surface area (Å²) in [5, 5.41) is 12.3. The van der Waals surface area contributed by atoms with Gasteiger partial charge in [-0.15, -0.1) is 15.3 Å². The third-order valence-corrected chi connectivity index (χ3v) is 3.55. The van der Waals surface area contributed by atoms with Crippen LogP contribution in [0.2, 0.25) is 0 Å². The molecule has 4 heterocycles. The molecule has 1 fully saturated rings. The summed E-state index contributed by atoms with van der Waals surface area (Å²) in [6, 6.07) is 7.70. The van der Waals surface area contributed by atoms with Gasteiger partial charge in [0, 0.05) is 25.2 Å². The molecule has 1 saturated heterocycles. The standard InChI is InChI=1S/C14H14N6O/c1-2-12(6-15-5-1)21-9-11-7-19(8-11)14-4-3-13-17-16-10-20(13)18-14/h1-6,10-11H,7-9H2. The van der Waals surface area contributed by atoms with Crippen LogP contribution in [0, 0.1) is 5.92 Å². The second-order valence-corrected chi connectivity index (χ2v) is 5.10. The van der Waals surface area contributed by atoms with Crippen molar-refractivity contribution in [2.75, 3.05) is 24.6 Å². The molecule has 0 atom stereocenters. The topological polar surface area (TPSA) is 68.4 Å². The molecule has 0 aromatic carbocycles. The van der Waals surface area contributed by atoms with E-state index in [1.165, 1.54) is 0 Å². The van der Waals surface area contributed by atoms with Crippen LogP contribution in [0.25, 0.3) is 5.65 Å². The predicted molar refractivity (Wildman–Crippen MR) is 76.2 cm³/mol. The third kappa shape index (κ3) is 2.37. The van der Waals surface area contributed by atoms with Crippen LogP contribution in [0.4, 0.5) is 5.82 Å². The molecule has 4 rings (SSSR count). The highest BCUT2D eigenvalue weighted by molar-refractivity contribution is 5.46. The summed E-state index contributed by atoms with van der Waals surface area (Å²) < 4.78 is 7.41. The number of anilines is 1. The number of pyridine rings is 1. The van der Waals surface area contributed by atoms with Crippen molar-refractivity contribution in [3.8, 4) is 5.75 Å². The van der Waals surface area contributed by atoms with E-state index in [-0.39, 0.29) is 0 Å². The summed E-state index contributed by atoms with van der Waals surface area (Å²) >= 11 is 0. The second-order valence-electron chi connectivity index (χ2n) is 5.10. The second kappa shape index (κ2) is 5.01. The summed E-state index contributed by atoms with van der Waals surface area (Å²) in [6.07, 6.45) is 5.09. The van der Waals surface area contributed by atoms with Gasteiger partial charge in [-0.3, -0.25) is 4.98 Å². The molecule has 0 radical (unpaired) electrons. The van der Waals surface area contributed by atoms with Gasteiger partial charge in [-0.1, -0.05) is 0 Å². The summed E-state index contributed by atoms with van der Waals surface area (Å²) in [6.45, 7) is 2.60. The molecule has 3 aromatic rings. The first-order valence-corrected chi connectivity index (χ1v) is 6.83. The van der Waals surface area contributed by atoms with Crippen molar-refractivity contribution < 1.29 is 4.74 Å². The number of hydrogen-bond donors (Lipinski definition) is 0. The SMILES string of the molecule is c1cncc(OCC2CN(c3ccc4nncn4n3)C2)c1. The Morgan fingerprint density at radius 3 is 3.05 bits per heavy atom. The number of aromatic nitrogens is 5. The highest BCUT2D eigenvalue weighted by atomic mass is 16.5. The number of hydrogen-bond acceptors (Lipinski definition) is 6. The van der Waals surface area contributed by atoms with Gasteiger partial charge in [0.1, 0.15) is 17.9 Å². The average Bonchev–Trinajstić information content (AvgIpc) is 2.94. The van der Waals surface area contributed by atoms with Gasteiger partial charge < -0.3 is 9.64 Å². The zero-order valence-electron chi connectivity index (χ0n) is 11.3. The van der Waals surface area contributed by atoms with Crippen molar-refractivity contribution in [1.82, 2.24) is 24.8 Å². The van der Waals surface area contributed by atoms with Crippen molar-refractivity contribution in [3.63, 3.8) is 0 Å². The lowest BCUT2D eigenvalue weighted by Gasteiger charge is -2.39. The van der Waals surface area contributed by atoms with E-state index in [1.807, 2.05) is 24.3 Å². The number of rotatable bonds is 4. The van der Waals surface area contributed by atoms with Crippen LogP contribution in [-0.2, 0) is 0 Å². The van der Waals surface area contributed by atoms with E-state index in [0.29, 0.717) is 12.5 Å². The third-order valence-electron chi connectivity index (χ3n) is 3.55. The van der Waals surface area contributed by atoms with E-state index in [4.69, 9.17) is 4.74 Å². The first kappa shape index (κ1) is 12.1. The molecule has 1 aliphatic rings. The van der Waals surface area contributed by atoms with Gasteiger partial charge in [0.15, 0.2) is 5.65 Å². The van der Waals surface area contributed by atoms with Gasteiger partial charge in [0.2, 0.25) is 0 Å². The summed E-state index contributed by atoms with van der Waals surface area (Å²) in [7, 11) is 0. The normalized spacial score (nSPS) is 15.1. The molecule has 106 valence electrons. The van der Waals surface area contributed by atoms with Crippen LogP contribution in [0.5, 0.6) is 5.75 Å². The lowest BCUT2D eigenvalue weighted by atomic mass is 10.0. The fourth-order valence-corrected chi connectivity index (χ4v) is 2.40. The van der Waals surface area contributed by atoms with Crippen LogP contribution in [0.15, 0.2) is 43.0 Å². The van der Waals surface area contributed by atoms with Crippen molar-refractivity contribution in [3.05, 3.63) is 43.0 Å². The molecule has 7 heteroatoms. The molecule has 0 N–H and O–H groups in total. The van der Waals surface area contributed by atoms with Crippen LogP contribution in [0.1, 0.15) is 0 Å². The minimum atomic E-state index is 0.517. The van der Waals surface area contributed by atoms with Crippen molar-refractivity contribution in [1.29, 1.82) is 0 Å².